The summed E-state index contributed by atoms with van der Waals surface area (Å²) in [5.74, 6) is 1.06. The van der Waals surface area contributed by atoms with E-state index in [9.17, 15) is 4.79 Å². The van der Waals surface area contributed by atoms with Crippen LogP contribution in [0.5, 0.6) is 0 Å². The second-order valence-electron chi connectivity index (χ2n) is 5.68. The first-order valence-corrected chi connectivity index (χ1v) is 7.24. The van der Waals surface area contributed by atoms with Crippen LogP contribution in [0.15, 0.2) is 0 Å². The minimum Gasteiger partial charge on any atom is -0.341 e. The van der Waals surface area contributed by atoms with Gasteiger partial charge in [-0.05, 0) is 32.2 Å². The quantitative estimate of drug-likeness (QED) is 0.803. The predicted octanol–water partition coefficient (Wildman–Crippen LogP) is 2.59. The van der Waals surface area contributed by atoms with Crippen molar-refractivity contribution in [2.24, 2.45) is 5.92 Å². The molecule has 4 heteroatoms. The van der Waals surface area contributed by atoms with E-state index in [4.69, 9.17) is 0 Å². The molecule has 1 aliphatic heterocycles. The SMILES string of the molecule is CNC1CCN(C(=O)CC2CCCCCC2)C1.Cl. The molecule has 2 fully saturated rings. The van der Waals surface area contributed by atoms with E-state index in [0.717, 1.165) is 25.9 Å². The first kappa shape index (κ1) is 15.8. The van der Waals surface area contributed by atoms with E-state index in [1.807, 2.05) is 7.05 Å². The van der Waals surface area contributed by atoms with Crippen LogP contribution < -0.4 is 5.32 Å². The number of halogens is 1. The van der Waals surface area contributed by atoms with Crippen molar-refractivity contribution in [3.05, 3.63) is 0 Å². The first-order chi connectivity index (χ1) is 8.29. The molecule has 0 bridgehead atoms. The Hall–Kier alpha value is -0.280. The van der Waals surface area contributed by atoms with Crippen molar-refractivity contribution in [1.82, 2.24) is 10.2 Å². The highest BCUT2D eigenvalue weighted by Gasteiger charge is 2.26. The molecule has 0 radical (unpaired) electrons. The maximum atomic E-state index is 12.2. The predicted molar refractivity (Wildman–Crippen MR) is 77.1 cm³/mol. The van der Waals surface area contributed by atoms with Crippen LogP contribution >= 0.6 is 12.4 Å². The normalized spacial score (nSPS) is 25.6. The number of amides is 1. The molecule has 0 aromatic heterocycles. The van der Waals surface area contributed by atoms with Gasteiger partial charge in [-0.1, -0.05) is 25.7 Å². The summed E-state index contributed by atoms with van der Waals surface area (Å²) in [5, 5.41) is 3.27. The second kappa shape index (κ2) is 8.00. The van der Waals surface area contributed by atoms with Crippen LogP contribution in [-0.4, -0.2) is 37.0 Å². The standard InChI is InChI=1S/C14H26N2O.ClH/c1-15-13-8-9-16(11-13)14(17)10-12-6-4-2-3-5-7-12;/h12-13,15H,2-11H2,1H3;1H. The number of nitrogens with one attached hydrogen (secondary N) is 1. The van der Waals surface area contributed by atoms with Crippen LogP contribution in [0.4, 0.5) is 0 Å². The molecule has 1 atom stereocenters. The molecule has 3 nitrogen and oxygen atoms in total. The lowest BCUT2D eigenvalue weighted by molar-refractivity contribution is -0.131. The summed E-state index contributed by atoms with van der Waals surface area (Å²) in [6.07, 6.45) is 9.87. The molecule has 18 heavy (non-hydrogen) atoms. The summed E-state index contributed by atoms with van der Waals surface area (Å²) < 4.78 is 0. The van der Waals surface area contributed by atoms with Gasteiger partial charge in [-0.25, -0.2) is 0 Å². The van der Waals surface area contributed by atoms with E-state index in [1.54, 1.807) is 0 Å². The molecule has 1 amide bonds. The Labute approximate surface area is 117 Å². The number of hydrogen-bond donors (Lipinski definition) is 1. The zero-order chi connectivity index (χ0) is 12.1. The monoisotopic (exact) mass is 274 g/mol. The number of likely N-dealkylation sites (N-methyl/N-ethyl adjacent to an activating group) is 1. The fraction of sp³-hybridized carbons (Fsp3) is 0.929. The van der Waals surface area contributed by atoms with Crippen LogP contribution in [0.1, 0.15) is 51.4 Å². The molecule has 2 rings (SSSR count). The van der Waals surface area contributed by atoms with Gasteiger partial charge in [0.15, 0.2) is 0 Å². The molecule has 1 aliphatic carbocycles. The topological polar surface area (TPSA) is 32.3 Å². The van der Waals surface area contributed by atoms with Crippen molar-refractivity contribution in [1.29, 1.82) is 0 Å². The van der Waals surface area contributed by atoms with Gasteiger partial charge in [0.1, 0.15) is 0 Å². The Bertz CT molecular complexity index is 252. The van der Waals surface area contributed by atoms with Gasteiger partial charge in [0, 0.05) is 25.6 Å². The fourth-order valence-electron chi connectivity index (χ4n) is 3.17. The smallest absolute Gasteiger partial charge is 0.222 e. The number of carbonyl (C=O) groups is 1. The van der Waals surface area contributed by atoms with Gasteiger partial charge in [0.2, 0.25) is 5.91 Å². The minimum atomic E-state index is 0. The Balaban J connectivity index is 0.00000162. The Morgan fingerprint density at radius 1 is 1.17 bits per heavy atom. The van der Waals surface area contributed by atoms with Gasteiger partial charge >= 0.3 is 0 Å². The third-order valence-electron chi connectivity index (χ3n) is 4.39. The van der Waals surface area contributed by atoms with Gasteiger partial charge in [-0.15, -0.1) is 12.4 Å². The highest BCUT2D eigenvalue weighted by Crippen LogP contribution is 2.26. The van der Waals surface area contributed by atoms with Gasteiger partial charge in [0.25, 0.3) is 0 Å². The van der Waals surface area contributed by atoms with Crippen LogP contribution in [0.25, 0.3) is 0 Å². The lowest BCUT2D eigenvalue weighted by Crippen LogP contribution is -2.34. The largest absolute Gasteiger partial charge is 0.341 e. The lowest BCUT2D eigenvalue weighted by atomic mass is 9.96. The molecule has 1 saturated carbocycles. The molecule has 1 saturated heterocycles. The average molecular weight is 275 g/mol. The van der Waals surface area contributed by atoms with Gasteiger partial charge < -0.3 is 10.2 Å². The highest BCUT2D eigenvalue weighted by molar-refractivity contribution is 5.85. The van der Waals surface area contributed by atoms with Crippen LogP contribution in [0, 0.1) is 5.92 Å². The molecular formula is C14H27ClN2O. The van der Waals surface area contributed by atoms with Crippen LogP contribution in [-0.2, 0) is 4.79 Å². The Kier molecular flexibility index (Phi) is 7.02. The second-order valence-corrected chi connectivity index (χ2v) is 5.68. The van der Waals surface area contributed by atoms with Crippen molar-refractivity contribution < 1.29 is 4.79 Å². The van der Waals surface area contributed by atoms with Crippen molar-refractivity contribution in [3.8, 4) is 0 Å². The summed E-state index contributed by atoms with van der Waals surface area (Å²) in [6, 6.07) is 0.521. The third-order valence-corrected chi connectivity index (χ3v) is 4.39. The van der Waals surface area contributed by atoms with Crippen molar-refractivity contribution in [2.75, 3.05) is 20.1 Å². The maximum absolute atomic E-state index is 12.2. The molecular weight excluding hydrogens is 248 g/mol. The zero-order valence-corrected chi connectivity index (χ0v) is 12.3. The first-order valence-electron chi connectivity index (χ1n) is 7.24. The third kappa shape index (κ3) is 4.43. The van der Waals surface area contributed by atoms with E-state index >= 15 is 0 Å². The van der Waals surface area contributed by atoms with E-state index in [1.165, 1.54) is 38.5 Å². The van der Waals surface area contributed by atoms with E-state index < -0.39 is 0 Å². The summed E-state index contributed by atoms with van der Waals surface area (Å²) in [5.41, 5.74) is 0. The molecule has 0 aromatic carbocycles. The van der Waals surface area contributed by atoms with Crippen molar-refractivity contribution in [2.45, 2.75) is 57.4 Å². The van der Waals surface area contributed by atoms with E-state index in [0.29, 0.717) is 17.9 Å². The minimum absolute atomic E-state index is 0. The van der Waals surface area contributed by atoms with Gasteiger partial charge in [0.05, 0.1) is 0 Å². The van der Waals surface area contributed by atoms with Gasteiger partial charge in [-0.3, -0.25) is 4.79 Å². The van der Waals surface area contributed by atoms with Crippen molar-refractivity contribution >= 4 is 18.3 Å². The molecule has 1 heterocycles. The lowest BCUT2D eigenvalue weighted by Gasteiger charge is -2.20. The number of rotatable bonds is 3. The highest BCUT2D eigenvalue weighted by atomic mass is 35.5. The van der Waals surface area contributed by atoms with E-state index in [2.05, 4.69) is 10.2 Å². The number of nitrogens with zero attached hydrogens (tertiary/aromatic N) is 1. The summed E-state index contributed by atoms with van der Waals surface area (Å²) in [4.78, 5) is 14.2. The average Bonchev–Trinajstić information content (AvgIpc) is 2.68. The summed E-state index contributed by atoms with van der Waals surface area (Å²) in [6.45, 7) is 1.87. The molecule has 1 N–H and O–H groups in total. The maximum Gasteiger partial charge on any atom is 0.222 e. The van der Waals surface area contributed by atoms with Crippen LogP contribution in [0.2, 0.25) is 0 Å². The fourth-order valence-corrected chi connectivity index (χ4v) is 3.17. The number of carbonyl (C=O) groups excluding carboxylic acids is 1. The van der Waals surface area contributed by atoms with Gasteiger partial charge in [-0.2, -0.15) is 0 Å². The molecule has 2 aliphatic rings. The number of likely N-dealkylation sites (tertiary alicyclic amines) is 1. The van der Waals surface area contributed by atoms with Crippen molar-refractivity contribution in [3.63, 3.8) is 0 Å². The van der Waals surface area contributed by atoms with E-state index in [-0.39, 0.29) is 12.4 Å². The Morgan fingerprint density at radius 2 is 1.83 bits per heavy atom. The molecule has 106 valence electrons. The molecule has 1 unspecified atom stereocenters. The molecule has 0 spiro atoms. The van der Waals surface area contributed by atoms with Crippen LogP contribution in [0.3, 0.4) is 0 Å². The summed E-state index contributed by atoms with van der Waals surface area (Å²) >= 11 is 0. The zero-order valence-electron chi connectivity index (χ0n) is 11.5. The summed E-state index contributed by atoms with van der Waals surface area (Å²) in [7, 11) is 1.99. The molecule has 0 aromatic rings. The Morgan fingerprint density at radius 3 is 2.39 bits per heavy atom. The number of hydrogen-bond acceptors (Lipinski definition) is 2.